The maximum Gasteiger partial charge on any atom is 0.268 e. The fourth-order valence-electron chi connectivity index (χ4n) is 4.06. The second-order valence-corrected chi connectivity index (χ2v) is 9.29. The molecule has 6 heteroatoms. The molecule has 2 aliphatic heterocycles. The Morgan fingerprint density at radius 1 is 1.07 bits per heavy atom. The molecule has 0 radical (unpaired) electrons. The predicted molar refractivity (Wildman–Crippen MR) is 110 cm³/mol. The topological polar surface area (TPSA) is 51.5 Å². The van der Waals surface area contributed by atoms with Crippen LogP contribution in [0.1, 0.15) is 17.5 Å². The zero-order chi connectivity index (χ0) is 19.3. The molecule has 28 heavy (non-hydrogen) atoms. The van der Waals surface area contributed by atoms with Crippen molar-refractivity contribution in [2.24, 2.45) is 0 Å². The first-order chi connectivity index (χ1) is 13.5. The third kappa shape index (κ3) is 2.75. The van der Waals surface area contributed by atoms with E-state index in [9.17, 15) is 8.42 Å². The first kappa shape index (κ1) is 17.5. The first-order valence-corrected chi connectivity index (χ1v) is 11.0. The average molecular weight is 394 g/mol. The van der Waals surface area contributed by atoms with Crippen LogP contribution in [0.5, 0.6) is 5.75 Å². The lowest BCUT2D eigenvalue weighted by atomic mass is 9.99. The lowest BCUT2D eigenvalue weighted by Gasteiger charge is -2.21. The Labute approximate surface area is 164 Å². The quantitative estimate of drug-likeness (QED) is 0.682. The van der Waals surface area contributed by atoms with E-state index in [-0.39, 0.29) is 0 Å². The zero-order valence-corrected chi connectivity index (χ0v) is 16.6. The Balaban J connectivity index is 1.67. The number of fused-ring (bicyclic) bond motifs is 2. The molecule has 0 bridgehead atoms. The molecule has 144 valence electrons. The minimum absolute atomic E-state index is 0.307. The van der Waals surface area contributed by atoms with E-state index in [0.29, 0.717) is 17.0 Å². The normalized spacial score (nSPS) is 17.4. The van der Waals surface area contributed by atoms with Gasteiger partial charge in [-0.25, -0.2) is 12.4 Å². The smallest absolute Gasteiger partial charge is 0.268 e. The van der Waals surface area contributed by atoms with Crippen molar-refractivity contribution in [2.45, 2.75) is 17.7 Å². The van der Waals surface area contributed by atoms with Gasteiger partial charge in [0.1, 0.15) is 5.75 Å². The van der Waals surface area contributed by atoms with E-state index in [2.05, 4.69) is 18.0 Å². The van der Waals surface area contributed by atoms with Gasteiger partial charge >= 0.3 is 0 Å². The molecule has 0 saturated carbocycles. The number of aromatic nitrogens is 1. The summed E-state index contributed by atoms with van der Waals surface area (Å²) < 4.78 is 33.9. The summed E-state index contributed by atoms with van der Waals surface area (Å²) in [5.74, 6) is 0.786. The van der Waals surface area contributed by atoms with E-state index >= 15 is 0 Å². The van der Waals surface area contributed by atoms with Gasteiger partial charge in [0.15, 0.2) is 0 Å². The van der Waals surface area contributed by atoms with Crippen LogP contribution in [0.25, 0.3) is 16.5 Å². The van der Waals surface area contributed by atoms with Gasteiger partial charge in [0.05, 0.1) is 17.0 Å². The summed E-state index contributed by atoms with van der Waals surface area (Å²) in [6.45, 7) is 2.47. The standard InChI is InChI=1S/C22H22N2O3S/c1-23-11-8-16(9-12-23)20-15-24(21-5-3-2-4-19(20)21)28(25,26)18-6-7-22-17(14-18)10-13-27-22/h2-8,14-15H,9-13H2,1H3. The molecular formula is C22H22N2O3S. The molecule has 0 N–H and O–H groups in total. The highest BCUT2D eigenvalue weighted by atomic mass is 32.2. The van der Waals surface area contributed by atoms with Crippen molar-refractivity contribution in [3.05, 3.63) is 65.9 Å². The summed E-state index contributed by atoms with van der Waals surface area (Å²) in [6, 6.07) is 12.9. The molecule has 0 atom stereocenters. The van der Waals surface area contributed by atoms with Crippen LogP contribution in [-0.4, -0.2) is 44.0 Å². The van der Waals surface area contributed by atoms with Crippen molar-refractivity contribution in [1.82, 2.24) is 8.87 Å². The van der Waals surface area contributed by atoms with Crippen LogP contribution in [-0.2, 0) is 16.4 Å². The van der Waals surface area contributed by atoms with Crippen LogP contribution in [0.2, 0.25) is 0 Å². The lowest BCUT2D eigenvalue weighted by Crippen LogP contribution is -2.23. The number of ether oxygens (including phenoxy) is 1. The van der Waals surface area contributed by atoms with Crippen molar-refractivity contribution in [3.63, 3.8) is 0 Å². The average Bonchev–Trinajstić information content (AvgIpc) is 3.33. The Hall–Kier alpha value is -2.57. The van der Waals surface area contributed by atoms with Crippen LogP contribution in [0, 0.1) is 0 Å². The van der Waals surface area contributed by atoms with E-state index in [1.165, 1.54) is 9.55 Å². The monoisotopic (exact) mass is 394 g/mol. The van der Waals surface area contributed by atoms with Gasteiger partial charge in [-0.05, 0) is 48.9 Å². The van der Waals surface area contributed by atoms with Gasteiger partial charge in [0, 0.05) is 36.7 Å². The number of likely N-dealkylation sites (N-methyl/N-ethyl adjacent to an activating group) is 1. The fraction of sp³-hybridized carbons (Fsp3) is 0.273. The Bertz CT molecular complexity index is 1210. The molecule has 0 amide bonds. The highest BCUT2D eigenvalue weighted by molar-refractivity contribution is 7.90. The Morgan fingerprint density at radius 3 is 2.75 bits per heavy atom. The molecule has 0 spiro atoms. The van der Waals surface area contributed by atoms with E-state index < -0.39 is 10.0 Å². The molecule has 0 fully saturated rings. The SMILES string of the molecule is CN1CC=C(c2cn(S(=O)(=O)c3ccc4c(c3)CCO4)c3ccccc23)CC1. The molecule has 3 heterocycles. The van der Waals surface area contributed by atoms with Crippen molar-refractivity contribution < 1.29 is 13.2 Å². The second-order valence-electron chi connectivity index (χ2n) is 7.47. The van der Waals surface area contributed by atoms with Gasteiger partial charge in [-0.2, -0.15) is 0 Å². The summed E-state index contributed by atoms with van der Waals surface area (Å²) in [4.78, 5) is 2.56. The van der Waals surface area contributed by atoms with Crippen molar-refractivity contribution in [2.75, 3.05) is 26.7 Å². The highest BCUT2D eigenvalue weighted by Crippen LogP contribution is 2.34. The number of nitrogens with zero attached hydrogens (tertiary/aromatic N) is 2. The summed E-state index contributed by atoms with van der Waals surface area (Å²) >= 11 is 0. The molecule has 2 aromatic carbocycles. The molecule has 1 aromatic heterocycles. The largest absolute Gasteiger partial charge is 0.493 e. The zero-order valence-electron chi connectivity index (χ0n) is 15.8. The van der Waals surface area contributed by atoms with Crippen LogP contribution in [0.15, 0.2) is 59.6 Å². The van der Waals surface area contributed by atoms with Crippen molar-refractivity contribution in [1.29, 1.82) is 0 Å². The summed E-state index contributed by atoms with van der Waals surface area (Å²) in [5.41, 5.74) is 3.90. The summed E-state index contributed by atoms with van der Waals surface area (Å²) in [7, 11) is -1.60. The lowest BCUT2D eigenvalue weighted by molar-refractivity contribution is 0.356. The number of benzene rings is 2. The number of hydrogen-bond acceptors (Lipinski definition) is 4. The second kappa shape index (κ2) is 6.50. The molecule has 2 aliphatic rings. The Kier molecular flexibility index (Phi) is 4.07. The van der Waals surface area contributed by atoms with Crippen LogP contribution < -0.4 is 4.74 Å². The van der Waals surface area contributed by atoms with Crippen molar-refractivity contribution in [3.8, 4) is 5.75 Å². The van der Waals surface area contributed by atoms with E-state index in [1.807, 2.05) is 24.3 Å². The number of para-hydroxylation sites is 1. The van der Waals surface area contributed by atoms with Gasteiger partial charge in [-0.15, -0.1) is 0 Å². The third-order valence-electron chi connectivity index (χ3n) is 5.65. The van der Waals surface area contributed by atoms with Gasteiger partial charge in [-0.3, -0.25) is 0 Å². The molecule has 5 rings (SSSR count). The molecule has 0 saturated heterocycles. The third-order valence-corrected chi connectivity index (χ3v) is 7.32. The van der Waals surface area contributed by atoms with Crippen molar-refractivity contribution >= 4 is 26.5 Å². The highest BCUT2D eigenvalue weighted by Gasteiger charge is 2.25. The van der Waals surface area contributed by atoms with Gasteiger partial charge < -0.3 is 9.64 Å². The first-order valence-electron chi connectivity index (χ1n) is 9.53. The maximum atomic E-state index is 13.5. The molecular weight excluding hydrogens is 372 g/mol. The van der Waals surface area contributed by atoms with Gasteiger partial charge in [0.25, 0.3) is 10.0 Å². The van der Waals surface area contributed by atoms with E-state index in [0.717, 1.165) is 48.2 Å². The molecule has 0 aliphatic carbocycles. The van der Waals surface area contributed by atoms with Gasteiger partial charge in [-0.1, -0.05) is 24.3 Å². The van der Waals surface area contributed by atoms with E-state index in [1.54, 1.807) is 24.4 Å². The van der Waals surface area contributed by atoms with Crippen LogP contribution in [0.4, 0.5) is 0 Å². The van der Waals surface area contributed by atoms with Crippen LogP contribution >= 0.6 is 0 Å². The molecule has 3 aromatic rings. The molecule has 5 nitrogen and oxygen atoms in total. The fourth-order valence-corrected chi connectivity index (χ4v) is 5.48. The van der Waals surface area contributed by atoms with E-state index in [4.69, 9.17) is 4.74 Å². The van der Waals surface area contributed by atoms with Gasteiger partial charge in [0.2, 0.25) is 0 Å². The Morgan fingerprint density at radius 2 is 1.93 bits per heavy atom. The minimum atomic E-state index is -3.69. The summed E-state index contributed by atoms with van der Waals surface area (Å²) in [6.07, 6.45) is 5.66. The number of rotatable bonds is 3. The maximum absolute atomic E-state index is 13.5. The summed E-state index contributed by atoms with van der Waals surface area (Å²) in [5, 5.41) is 0.978. The predicted octanol–water partition coefficient (Wildman–Crippen LogP) is 3.53. The minimum Gasteiger partial charge on any atom is -0.493 e. The molecule has 0 unspecified atom stereocenters. The number of hydrogen-bond donors (Lipinski definition) is 0. The van der Waals surface area contributed by atoms with Crippen LogP contribution in [0.3, 0.4) is 0 Å².